The van der Waals surface area contributed by atoms with E-state index in [1.165, 1.54) is 11.8 Å². The SMILES string of the molecule is Cl.ON=CC1=NCC(Cc2ccccc2)N1. The van der Waals surface area contributed by atoms with Crippen molar-refractivity contribution >= 4 is 24.5 Å². The van der Waals surface area contributed by atoms with E-state index in [0.717, 1.165) is 13.0 Å². The van der Waals surface area contributed by atoms with Gasteiger partial charge in [-0.15, -0.1) is 12.4 Å². The lowest BCUT2D eigenvalue weighted by atomic mass is 10.1. The van der Waals surface area contributed by atoms with Crippen LogP contribution < -0.4 is 5.32 Å². The molecule has 1 unspecified atom stereocenters. The highest BCUT2D eigenvalue weighted by Gasteiger charge is 2.16. The number of aliphatic imine (C=N–C) groups is 1. The third kappa shape index (κ3) is 3.24. The molecule has 1 aromatic carbocycles. The van der Waals surface area contributed by atoms with E-state index in [-0.39, 0.29) is 12.4 Å². The Hall–Kier alpha value is -1.55. The molecule has 0 radical (unpaired) electrons. The van der Waals surface area contributed by atoms with Gasteiger partial charge in [-0.1, -0.05) is 35.5 Å². The van der Waals surface area contributed by atoms with Crippen LogP contribution in [-0.4, -0.2) is 29.8 Å². The highest BCUT2D eigenvalue weighted by Crippen LogP contribution is 2.06. The first-order chi connectivity index (χ1) is 7.38. The minimum Gasteiger partial charge on any atom is -0.411 e. The van der Waals surface area contributed by atoms with Crippen molar-refractivity contribution in [2.24, 2.45) is 10.1 Å². The molecule has 1 atom stereocenters. The van der Waals surface area contributed by atoms with Crippen LogP contribution in [0.25, 0.3) is 0 Å². The number of hydrogen-bond donors (Lipinski definition) is 2. The molecule has 1 aliphatic heterocycles. The molecule has 0 amide bonds. The molecule has 1 aliphatic rings. The number of nitrogens with zero attached hydrogens (tertiary/aromatic N) is 2. The van der Waals surface area contributed by atoms with Crippen LogP contribution in [0.4, 0.5) is 0 Å². The zero-order valence-corrected chi connectivity index (χ0v) is 9.52. The average Bonchev–Trinajstić information content (AvgIpc) is 2.68. The minimum atomic E-state index is 0. The fraction of sp³-hybridized carbons (Fsp3) is 0.273. The van der Waals surface area contributed by atoms with Gasteiger partial charge in [0.2, 0.25) is 0 Å². The quantitative estimate of drug-likeness (QED) is 0.477. The van der Waals surface area contributed by atoms with Crippen molar-refractivity contribution in [2.75, 3.05) is 6.54 Å². The van der Waals surface area contributed by atoms with Crippen molar-refractivity contribution in [1.82, 2.24) is 5.32 Å². The van der Waals surface area contributed by atoms with Crippen molar-refractivity contribution < 1.29 is 5.21 Å². The predicted octanol–water partition coefficient (Wildman–Crippen LogP) is 1.48. The lowest BCUT2D eigenvalue weighted by molar-refractivity contribution is 0.322. The Morgan fingerprint density at radius 2 is 2.19 bits per heavy atom. The van der Waals surface area contributed by atoms with Gasteiger partial charge in [0, 0.05) is 0 Å². The summed E-state index contributed by atoms with van der Waals surface area (Å²) in [5.41, 5.74) is 1.28. The normalized spacial score (nSPS) is 19.0. The van der Waals surface area contributed by atoms with Crippen molar-refractivity contribution in [3.05, 3.63) is 35.9 Å². The number of benzene rings is 1. The number of hydrogen-bond acceptors (Lipinski definition) is 4. The first kappa shape index (κ1) is 12.5. The van der Waals surface area contributed by atoms with E-state index in [2.05, 4.69) is 27.6 Å². The Balaban J connectivity index is 0.00000128. The molecule has 86 valence electrons. The summed E-state index contributed by atoms with van der Waals surface area (Å²) in [6.45, 7) is 0.732. The average molecular weight is 240 g/mol. The monoisotopic (exact) mass is 239 g/mol. The summed E-state index contributed by atoms with van der Waals surface area (Å²) in [5, 5.41) is 14.5. The van der Waals surface area contributed by atoms with Gasteiger partial charge in [0.15, 0.2) is 0 Å². The molecule has 2 rings (SSSR count). The molecular weight excluding hydrogens is 226 g/mol. The zero-order chi connectivity index (χ0) is 10.5. The minimum absolute atomic E-state index is 0. The first-order valence-corrected chi connectivity index (χ1v) is 4.91. The number of nitrogens with one attached hydrogen (secondary N) is 1. The second-order valence-corrected chi connectivity index (χ2v) is 3.50. The van der Waals surface area contributed by atoms with Crippen molar-refractivity contribution in [2.45, 2.75) is 12.5 Å². The van der Waals surface area contributed by atoms with Gasteiger partial charge in [-0.05, 0) is 12.0 Å². The summed E-state index contributed by atoms with van der Waals surface area (Å²) in [7, 11) is 0. The standard InChI is InChI=1S/C11H13N3O.ClH/c15-13-8-11-12-7-10(14-11)6-9-4-2-1-3-5-9;/h1-5,8,10,15H,6-7H2,(H,12,14);1H. The molecule has 16 heavy (non-hydrogen) atoms. The number of amidine groups is 1. The van der Waals surface area contributed by atoms with Gasteiger partial charge in [-0.25, -0.2) is 0 Å². The van der Waals surface area contributed by atoms with E-state index in [4.69, 9.17) is 5.21 Å². The second kappa shape index (κ2) is 6.12. The number of halogens is 1. The van der Waals surface area contributed by atoms with Gasteiger partial charge in [0.25, 0.3) is 0 Å². The van der Waals surface area contributed by atoms with E-state index in [0.29, 0.717) is 11.9 Å². The molecule has 5 heteroatoms. The van der Waals surface area contributed by atoms with Crippen LogP contribution in [-0.2, 0) is 6.42 Å². The van der Waals surface area contributed by atoms with Gasteiger partial charge >= 0.3 is 0 Å². The second-order valence-electron chi connectivity index (χ2n) is 3.50. The maximum absolute atomic E-state index is 8.35. The highest BCUT2D eigenvalue weighted by molar-refractivity contribution is 6.29. The Bertz CT molecular complexity index is 378. The van der Waals surface area contributed by atoms with Crippen LogP contribution >= 0.6 is 12.4 Å². The number of rotatable bonds is 3. The Kier molecular flexibility index (Phi) is 4.79. The van der Waals surface area contributed by atoms with E-state index >= 15 is 0 Å². The third-order valence-electron chi connectivity index (χ3n) is 2.34. The van der Waals surface area contributed by atoms with E-state index in [1.54, 1.807) is 0 Å². The van der Waals surface area contributed by atoms with Crippen LogP contribution in [0, 0.1) is 0 Å². The van der Waals surface area contributed by atoms with Crippen molar-refractivity contribution in [1.29, 1.82) is 0 Å². The molecule has 0 saturated heterocycles. The molecule has 0 spiro atoms. The molecule has 0 saturated carbocycles. The van der Waals surface area contributed by atoms with Crippen LogP contribution in [0.3, 0.4) is 0 Å². The first-order valence-electron chi connectivity index (χ1n) is 4.91. The van der Waals surface area contributed by atoms with E-state index in [1.807, 2.05) is 18.2 Å². The lowest BCUT2D eigenvalue weighted by Gasteiger charge is -2.10. The Morgan fingerprint density at radius 1 is 1.44 bits per heavy atom. The summed E-state index contributed by atoms with van der Waals surface area (Å²) < 4.78 is 0. The largest absolute Gasteiger partial charge is 0.411 e. The summed E-state index contributed by atoms with van der Waals surface area (Å²) in [6, 6.07) is 10.6. The highest BCUT2D eigenvalue weighted by atomic mass is 35.5. The van der Waals surface area contributed by atoms with Gasteiger partial charge in [-0.2, -0.15) is 0 Å². The molecule has 4 nitrogen and oxygen atoms in total. The zero-order valence-electron chi connectivity index (χ0n) is 8.71. The summed E-state index contributed by atoms with van der Waals surface area (Å²) >= 11 is 0. The van der Waals surface area contributed by atoms with Crippen LogP contribution in [0.2, 0.25) is 0 Å². The maximum Gasteiger partial charge on any atom is 0.143 e. The van der Waals surface area contributed by atoms with Gasteiger partial charge in [-0.3, -0.25) is 4.99 Å². The third-order valence-corrected chi connectivity index (χ3v) is 2.34. The summed E-state index contributed by atoms with van der Waals surface area (Å²) in [6.07, 6.45) is 2.26. The van der Waals surface area contributed by atoms with E-state index in [9.17, 15) is 0 Å². The summed E-state index contributed by atoms with van der Waals surface area (Å²) in [5.74, 6) is 0.651. The van der Waals surface area contributed by atoms with Crippen molar-refractivity contribution in [3.63, 3.8) is 0 Å². The van der Waals surface area contributed by atoms with Gasteiger partial charge in [0.1, 0.15) is 12.1 Å². The fourth-order valence-electron chi connectivity index (χ4n) is 1.66. The molecular formula is C11H14ClN3O. The van der Waals surface area contributed by atoms with Crippen LogP contribution in [0.1, 0.15) is 5.56 Å². The molecule has 1 heterocycles. The van der Waals surface area contributed by atoms with Gasteiger partial charge < -0.3 is 10.5 Å². The number of oxime groups is 1. The van der Waals surface area contributed by atoms with Crippen LogP contribution in [0.5, 0.6) is 0 Å². The Labute approximate surface area is 100 Å². The molecule has 0 aliphatic carbocycles. The fourth-order valence-corrected chi connectivity index (χ4v) is 1.66. The Morgan fingerprint density at radius 3 is 2.88 bits per heavy atom. The molecule has 0 bridgehead atoms. The maximum atomic E-state index is 8.35. The molecule has 0 aromatic heterocycles. The van der Waals surface area contributed by atoms with Crippen molar-refractivity contribution in [3.8, 4) is 0 Å². The molecule has 0 fully saturated rings. The molecule has 1 aromatic rings. The molecule has 2 N–H and O–H groups in total. The van der Waals surface area contributed by atoms with Gasteiger partial charge in [0.05, 0.1) is 12.6 Å². The lowest BCUT2D eigenvalue weighted by Crippen LogP contribution is -2.32. The predicted molar refractivity (Wildman–Crippen MR) is 66.9 cm³/mol. The summed E-state index contributed by atoms with van der Waals surface area (Å²) in [4.78, 5) is 4.20. The van der Waals surface area contributed by atoms with Crippen LogP contribution in [0.15, 0.2) is 40.5 Å². The smallest absolute Gasteiger partial charge is 0.143 e. The van der Waals surface area contributed by atoms with E-state index < -0.39 is 0 Å². The topological polar surface area (TPSA) is 57.0 Å².